The van der Waals surface area contributed by atoms with Gasteiger partial charge in [-0.3, -0.25) is 9.58 Å². The van der Waals surface area contributed by atoms with E-state index in [2.05, 4.69) is 21.9 Å². The van der Waals surface area contributed by atoms with E-state index in [4.69, 9.17) is 14.5 Å². The summed E-state index contributed by atoms with van der Waals surface area (Å²) in [5.41, 5.74) is 5.38. The summed E-state index contributed by atoms with van der Waals surface area (Å²) < 4.78 is 13.4. The number of hydrogen-bond acceptors (Lipinski definition) is 7. The van der Waals surface area contributed by atoms with Gasteiger partial charge >= 0.3 is 0 Å². The maximum Gasteiger partial charge on any atom is 0.225 e. The molecule has 3 heterocycles. The molecule has 1 fully saturated rings. The maximum atomic E-state index is 6.21. The maximum absolute atomic E-state index is 6.21. The Hall–Kier alpha value is -2.97. The molecule has 164 valence electrons. The van der Waals surface area contributed by atoms with Gasteiger partial charge in [0.05, 0.1) is 25.6 Å². The number of anilines is 1. The number of aromatic nitrogens is 4. The molecule has 0 radical (unpaired) electrons. The number of morpholine rings is 1. The summed E-state index contributed by atoms with van der Waals surface area (Å²) in [5.74, 6) is 1.50. The van der Waals surface area contributed by atoms with Gasteiger partial charge in [0.2, 0.25) is 5.95 Å². The Bertz CT molecular complexity index is 1030. The molecule has 31 heavy (non-hydrogen) atoms. The van der Waals surface area contributed by atoms with Gasteiger partial charge in [-0.1, -0.05) is 12.1 Å². The van der Waals surface area contributed by atoms with E-state index in [0.29, 0.717) is 12.6 Å². The Morgan fingerprint density at radius 2 is 1.97 bits per heavy atom. The summed E-state index contributed by atoms with van der Waals surface area (Å²) in [6, 6.07) is 7.99. The average Bonchev–Trinajstić information content (AvgIpc) is 3.11. The van der Waals surface area contributed by atoms with E-state index in [1.807, 2.05) is 67.4 Å². The van der Waals surface area contributed by atoms with Crippen LogP contribution in [0, 0.1) is 6.92 Å². The molecule has 0 amide bonds. The monoisotopic (exact) mass is 422 g/mol. The highest BCUT2D eigenvalue weighted by atomic mass is 16.5. The van der Waals surface area contributed by atoms with Gasteiger partial charge in [-0.2, -0.15) is 5.10 Å². The lowest BCUT2D eigenvalue weighted by molar-refractivity contribution is -0.0347. The molecule has 0 spiro atoms. The molecule has 0 unspecified atom stereocenters. The quantitative estimate of drug-likeness (QED) is 0.605. The molecule has 0 bridgehead atoms. The number of benzene rings is 1. The van der Waals surface area contributed by atoms with Crippen molar-refractivity contribution in [1.82, 2.24) is 24.6 Å². The van der Waals surface area contributed by atoms with Crippen LogP contribution < -0.4 is 9.64 Å². The van der Waals surface area contributed by atoms with Crippen LogP contribution in [0.1, 0.15) is 23.1 Å². The third-order valence-corrected chi connectivity index (χ3v) is 5.79. The lowest BCUT2D eigenvalue weighted by atomic mass is 10.0. The molecule has 2 aromatic heterocycles. The summed E-state index contributed by atoms with van der Waals surface area (Å²) >= 11 is 0. The van der Waals surface area contributed by atoms with Crippen LogP contribution >= 0.6 is 0 Å². The van der Waals surface area contributed by atoms with E-state index in [0.717, 1.165) is 42.2 Å². The summed E-state index contributed by atoms with van der Waals surface area (Å²) in [6.07, 6.45) is 3.72. The van der Waals surface area contributed by atoms with Crippen molar-refractivity contribution in [3.63, 3.8) is 0 Å². The molecule has 1 aromatic carbocycles. The highest BCUT2D eigenvalue weighted by Crippen LogP contribution is 2.32. The average molecular weight is 423 g/mol. The summed E-state index contributed by atoms with van der Waals surface area (Å²) in [7, 11) is 7.55. The minimum atomic E-state index is -0.135. The Balaban J connectivity index is 1.64. The second kappa shape index (κ2) is 9.03. The molecule has 1 aliphatic heterocycles. The van der Waals surface area contributed by atoms with Crippen molar-refractivity contribution in [3.8, 4) is 16.9 Å². The van der Waals surface area contributed by atoms with Gasteiger partial charge in [-0.05, 0) is 24.6 Å². The number of ether oxygens (including phenoxy) is 2. The molecule has 3 aromatic rings. The van der Waals surface area contributed by atoms with Crippen LogP contribution in [0.15, 0.2) is 36.7 Å². The first-order chi connectivity index (χ1) is 15.0. The van der Waals surface area contributed by atoms with Crippen molar-refractivity contribution in [1.29, 1.82) is 0 Å². The van der Waals surface area contributed by atoms with E-state index >= 15 is 0 Å². The van der Waals surface area contributed by atoms with E-state index in [1.54, 1.807) is 7.11 Å². The molecular formula is C23H30N6O2. The molecular weight excluding hydrogens is 392 g/mol. The van der Waals surface area contributed by atoms with Crippen molar-refractivity contribution in [2.24, 2.45) is 7.05 Å². The van der Waals surface area contributed by atoms with Crippen LogP contribution in [-0.4, -0.2) is 65.5 Å². The molecule has 8 heteroatoms. The van der Waals surface area contributed by atoms with E-state index in [-0.39, 0.29) is 6.10 Å². The van der Waals surface area contributed by atoms with E-state index < -0.39 is 0 Å². The Labute approximate surface area is 183 Å². The van der Waals surface area contributed by atoms with Gasteiger partial charge in [0.1, 0.15) is 11.9 Å². The van der Waals surface area contributed by atoms with Crippen LogP contribution in [0.4, 0.5) is 5.95 Å². The van der Waals surface area contributed by atoms with Crippen molar-refractivity contribution < 1.29 is 9.47 Å². The van der Waals surface area contributed by atoms with Crippen LogP contribution in [-0.2, 0) is 18.3 Å². The molecule has 0 saturated carbocycles. The molecule has 8 nitrogen and oxygen atoms in total. The number of aryl methyl sites for hydroxylation is 1. The molecule has 1 aliphatic rings. The number of rotatable bonds is 6. The van der Waals surface area contributed by atoms with Gasteiger partial charge in [-0.25, -0.2) is 9.97 Å². The Morgan fingerprint density at radius 3 is 2.61 bits per heavy atom. The van der Waals surface area contributed by atoms with Gasteiger partial charge < -0.3 is 14.4 Å². The van der Waals surface area contributed by atoms with E-state index in [9.17, 15) is 0 Å². The third kappa shape index (κ3) is 4.55. The van der Waals surface area contributed by atoms with Crippen molar-refractivity contribution in [3.05, 3.63) is 53.6 Å². The topological polar surface area (TPSA) is 68.5 Å². The molecule has 1 atom stereocenters. The smallest absolute Gasteiger partial charge is 0.225 e. The van der Waals surface area contributed by atoms with Crippen LogP contribution in [0.25, 0.3) is 11.1 Å². The first-order valence-electron chi connectivity index (χ1n) is 10.5. The largest absolute Gasteiger partial charge is 0.497 e. The molecule has 0 N–H and O–H groups in total. The standard InChI is InChI=1S/C23H30N6O2/c1-16-18(12-25-28(16)4)14-29-10-11-31-21(15-29)22-20(13-24-23(26-22)27(2)3)17-6-8-19(30-5)9-7-17/h6-9,12-13,21H,10-11,14-15H2,1-5H3/t21-/m1/s1. The van der Waals surface area contributed by atoms with Crippen LogP contribution in [0.2, 0.25) is 0 Å². The van der Waals surface area contributed by atoms with Crippen molar-refractivity contribution in [2.45, 2.75) is 19.6 Å². The minimum Gasteiger partial charge on any atom is -0.497 e. The van der Waals surface area contributed by atoms with Gasteiger partial charge in [0, 0.05) is 63.8 Å². The van der Waals surface area contributed by atoms with Crippen molar-refractivity contribution in [2.75, 3.05) is 45.8 Å². The Kier molecular flexibility index (Phi) is 6.20. The fourth-order valence-corrected chi connectivity index (χ4v) is 3.79. The predicted octanol–water partition coefficient (Wildman–Crippen LogP) is 2.83. The highest BCUT2D eigenvalue weighted by molar-refractivity contribution is 5.67. The first kappa shape index (κ1) is 21.3. The Morgan fingerprint density at radius 1 is 1.19 bits per heavy atom. The SMILES string of the molecule is COc1ccc(-c2cnc(N(C)C)nc2[C@H]2CN(Cc3cnn(C)c3C)CCO2)cc1. The lowest BCUT2D eigenvalue weighted by Crippen LogP contribution is -2.38. The van der Waals surface area contributed by atoms with Gasteiger partial charge in [0.15, 0.2) is 0 Å². The third-order valence-electron chi connectivity index (χ3n) is 5.79. The highest BCUT2D eigenvalue weighted by Gasteiger charge is 2.27. The predicted molar refractivity (Wildman–Crippen MR) is 120 cm³/mol. The zero-order valence-corrected chi connectivity index (χ0v) is 18.9. The van der Waals surface area contributed by atoms with Crippen LogP contribution in [0.5, 0.6) is 5.75 Å². The summed E-state index contributed by atoms with van der Waals surface area (Å²) in [5, 5.41) is 4.38. The zero-order valence-electron chi connectivity index (χ0n) is 18.9. The lowest BCUT2D eigenvalue weighted by Gasteiger charge is -2.33. The van der Waals surface area contributed by atoms with Gasteiger partial charge in [-0.15, -0.1) is 0 Å². The fourth-order valence-electron chi connectivity index (χ4n) is 3.79. The summed E-state index contributed by atoms with van der Waals surface area (Å²) in [4.78, 5) is 13.8. The minimum absolute atomic E-state index is 0.135. The number of methoxy groups -OCH3 is 1. The summed E-state index contributed by atoms with van der Waals surface area (Å²) in [6.45, 7) is 5.27. The second-order valence-corrected chi connectivity index (χ2v) is 8.07. The van der Waals surface area contributed by atoms with Gasteiger partial charge in [0.25, 0.3) is 0 Å². The number of hydrogen-bond donors (Lipinski definition) is 0. The first-order valence-corrected chi connectivity index (χ1v) is 10.5. The fraction of sp³-hybridized carbons (Fsp3) is 0.435. The molecule has 4 rings (SSSR count). The molecule has 0 aliphatic carbocycles. The van der Waals surface area contributed by atoms with E-state index in [1.165, 1.54) is 11.3 Å². The molecule has 1 saturated heterocycles. The van der Waals surface area contributed by atoms with Crippen LogP contribution in [0.3, 0.4) is 0 Å². The second-order valence-electron chi connectivity index (χ2n) is 8.07. The van der Waals surface area contributed by atoms with Crippen molar-refractivity contribution >= 4 is 5.95 Å². The zero-order chi connectivity index (χ0) is 22.0. The normalized spacial score (nSPS) is 17.0. The number of nitrogens with zero attached hydrogens (tertiary/aromatic N) is 6.